The van der Waals surface area contributed by atoms with Gasteiger partial charge >= 0.3 is 0 Å². The average molecular weight is 623 g/mol. The van der Waals surface area contributed by atoms with E-state index < -0.39 is 5.92 Å². The number of benzene rings is 3. The summed E-state index contributed by atoms with van der Waals surface area (Å²) in [4.78, 5) is 28.7. The lowest BCUT2D eigenvalue weighted by atomic mass is 9.92. The van der Waals surface area contributed by atoms with Gasteiger partial charge in [-0.2, -0.15) is 0 Å². The Hall–Kier alpha value is -2.94. The first-order chi connectivity index (χ1) is 18.2. The molecule has 38 heavy (non-hydrogen) atoms. The molecule has 3 aromatic carbocycles. The van der Waals surface area contributed by atoms with E-state index in [-0.39, 0.29) is 31.1 Å². The summed E-state index contributed by atoms with van der Waals surface area (Å²) in [7, 11) is 6.03. The summed E-state index contributed by atoms with van der Waals surface area (Å²) in [5.41, 5.74) is 2.85. The van der Waals surface area contributed by atoms with Crippen LogP contribution in [0.15, 0.2) is 46.9 Å². The summed E-state index contributed by atoms with van der Waals surface area (Å²) in [5.74, 6) is 0.985. The van der Waals surface area contributed by atoms with Crippen LogP contribution in [0.3, 0.4) is 0 Å². The highest BCUT2D eigenvalue weighted by Gasteiger charge is 2.36. The van der Waals surface area contributed by atoms with Gasteiger partial charge in [0, 0.05) is 23.1 Å². The highest BCUT2D eigenvalue weighted by Crippen LogP contribution is 2.41. The van der Waals surface area contributed by atoms with Crippen LogP contribution in [0.25, 0.3) is 0 Å². The molecule has 1 aliphatic heterocycles. The Morgan fingerprint density at radius 3 is 1.92 bits per heavy atom. The molecule has 0 aliphatic carbocycles. The molecule has 0 radical (unpaired) electrons. The standard InChI is InChI=1S/C28H26BrCl2NO6/c1-35-24-10-15(7-20(30)27(24)37-3)9-23(33)19-14-32(22-6-5-17(29)13-18(19)22)26(34)12-16-8-21(31)28(38-4)25(11-16)36-2/h5-8,10-11,13,19H,9,12,14H2,1-4H3. The van der Waals surface area contributed by atoms with Gasteiger partial charge in [0.25, 0.3) is 0 Å². The number of ketones is 1. The monoisotopic (exact) mass is 621 g/mol. The number of nitrogens with zero attached hydrogens (tertiary/aromatic N) is 1. The van der Waals surface area contributed by atoms with Gasteiger partial charge in [0.05, 0.1) is 50.8 Å². The van der Waals surface area contributed by atoms with Gasteiger partial charge in [-0.25, -0.2) is 0 Å². The third-order valence-corrected chi connectivity index (χ3v) is 7.49. The third kappa shape index (κ3) is 5.58. The Morgan fingerprint density at radius 2 is 1.39 bits per heavy atom. The molecule has 0 aromatic heterocycles. The van der Waals surface area contributed by atoms with Crippen molar-refractivity contribution >= 4 is 56.5 Å². The van der Waals surface area contributed by atoms with E-state index in [2.05, 4.69) is 15.9 Å². The Bertz CT molecular complexity index is 1400. The van der Waals surface area contributed by atoms with Crippen LogP contribution in [0.1, 0.15) is 22.6 Å². The van der Waals surface area contributed by atoms with Crippen LogP contribution in [0.2, 0.25) is 10.0 Å². The van der Waals surface area contributed by atoms with Gasteiger partial charge in [-0.05, 0) is 59.2 Å². The maximum absolute atomic E-state index is 13.6. The summed E-state index contributed by atoms with van der Waals surface area (Å²) in [6.45, 7) is 0.228. The van der Waals surface area contributed by atoms with E-state index in [4.69, 9.17) is 42.1 Å². The van der Waals surface area contributed by atoms with Crippen LogP contribution >= 0.6 is 39.1 Å². The van der Waals surface area contributed by atoms with Crippen molar-refractivity contribution in [1.29, 1.82) is 0 Å². The van der Waals surface area contributed by atoms with Gasteiger partial charge in [0.2, 0.25) is 5.91 Å². The van der Waals surface area contributed by atoms with Crippen LogP contribution in [-0.2, 0) is 22.4 Å². The maximum Gasteiger partial charge on any atom is 0.231 e. The molecule has 1 amide bonds. The number of ether oxygens (including phenoxy) is 4. The first-order valence-electron chi connectivity index (χ1n) is 11.6. The maximum atomic E-state index is 13.6. The van der Waals surface area contributed by atoms with Crippen molar-refractivity contribution in [3.8, 4) is 23.0 Å². The molecule has 10 heteroatoms. The second-order valence-electron chi connectivity index (χ2n) is 8.71. The molecule has 0 N–H and O–H groups in total. The van der Waals surface area contributed by atoms with E-state index in [1.807, 2.05) is 18.2 Å². The van der Waals surface area contributed by atoms with E-state index in [0.29, 0.717) is 49.9 Å². The number of fused-ring (bicyclic) bond motifs is 1. The fourth-order valence-electron chi connectivity index (χ4n) is 4.68. The molecule has 0 spiro atoms. The molecule has 3 aromatic rings. The van der Waals surface area contributed by atoms with E-state index in [1.165, 1.54) is 28.4 Å². The number of halogens is 3. The number of hydrogen-bond acceptors (Lipinski definition) is 6. The van der Waals surface area contributed by atoms with Crippen molar-refractivity contribution in [2.75, 3.05) is 39.9 Å². The number of methoxy groups -OCH3 is 4. The molecule has 1 atom stereocenters. The van der Waals surface area contributed by atoms with E-state index >= 15 is 0 Å². The lowest BCUT2D eigenvalue weighted by molar-refractivity contribution is -0.119. The van der Waals surface area contributed by atoms with Crippen LogP contribution in [0.4, 0.5) is 5.69 Å². The smallest absolute Gasteiger partial charge is 0.231 e. The normalized spacial score (nSPS) is 14.2. The first kappa shape index (κ1) is 28.1. The molecule has 4 rings (SSSR count). The molecule has 0 saturated carbocycles. The van der Waals surface area contributed by atoms with Gasteiger partial charge in [-0.1, -0.05) is 39.1 Å². The number of rotatable bonds is 9. The largest absolute Gasteiger partial charge is 0.493 e. The highest BCUT2D eigenvalue weighted by atomic mass is 79.9. The molecule has 200 valence electrons. The number of amides is 1. The zero-order chi connectivity index (χ0) is 27.6. The highest BCUT2D eigenvalue weighted by molar-refractivity contribution is 9.10. The van der Waals surface area contributed by atoms with Crippen molar-refractivity contribution in [1.82, 2.24) is 0 Å². The van der Waals surface area contributed by atoms with Crippen LogP contribution in [0, 0.1) is 0 Å². The number of carbonyl (C=O) groups is 2. The Kier molecular flexibility index (Phi) is 8.75. The number of anilines is 1. The molecule has 1 heterocycles. The first-order valence-corrected chi connectivity index (χ1v) is 13.2. The summed E-state index contributed by atoms with van der Waals surface area (Å²) in [5, 5.41) is 0.705. The predicted octanol–water partition coefficient (Wildman–Crippen LogP) is 6.28. The molecule has 1 unspecified atom stereocenters. The molecular weight excluding hydrogens is 597 g/mol. The molecule has 7 nitrogen and oxygen atoms in total. The van der Waals surface area contributed by atoms with Gasteiger partial charge in [-0.3, -0.25) is 9.59 Å². The third-order valence-electron chi connectivity index (χ3n) is 6.43. The van der Waals surface area contributed by atoms with Crippen LogP contribution < -0.4 is 23.8 Å². The van der Waals surface area contributed by atoms with Crippen molar-refractivity contribution in [2.45, 2.75) is 18.8 Å². The second-order valence-corrected chi connectivity index (χ2v) is 10.4. The van der Waals surface area contributed by atoms with Gasteiger partial charge in [0.1, 0.15) is 5.78 Å². The molecule has 0 fully saturated rings. The SMILES string of the molecule is COc1cc(CC(=O)C2CN(C(=O)Cc3cc(Cl)c(OC)c(OC)c3)c3ccc(Br)cc32)cc(Cl)c1OC. The number of Topliss-reactive ketones (excluding diaryl/α,β-unsaturated/α-hetero) is 1. The lowest BCUT2D eigenvalue weighted by Gasteiger charge is -2.19. The summed E-state index contributed by atoms with van der Waals surface area (Å²) >= 11 is 16.2. The number of hydrogen-bond donors (Lipinski definition) is 0. The minimum Gasteiger partial charge on any atom is -0.493 e. The zero-order valence-electron chi connectivity index (χ0n) is 21.3. The average Bonchev–Trinajstić information content (AvgIpc) is 3.26. The molecule has 0 bridgehead atoms. The second kappa shape index (κ2) is 11.8. The molecular formula is C28H26BrCl2NO6. The Morgan fingerprint density at radius 1 is 0.842 bits per heavy atom. The minimum atomic E-state index is -0.507. The van der Waals surface area contributed by atoms with Crippen molar-refractivity contribution in [3.05, 3.63) is 73.7 Å². The van der Waals surface area contributed by atoms with E-state index in [1.54, 1.807) is 29.2 Å². The summed E-state index contributed by atoms with van der Waals surface area (Å²) < 4.78 is 22.2. The van der Waals surface area contributed by atoms with E-state index in [9.17, 15) is 9.59 Å². The number of carbonyl (C=O) groups excluding carboxylic acids is 2. The zero-order valence-corrected chi connectivity index (χ0v) is 24.4. The van der Waals surface area contributed by atoms with Crippen LogP contribution in [-0.4, -0.2) is 46.7 Å². The van der Waals surface area contributed by atoms with Gasteiger partial charge in [0.15, 0.2) is 23.0 Å². The quantitative estimate of drug-likeness (QED) is 0.280. The van der Waals surface area contributed by atoms with Crippen molar-refractivity contribution < 1.29 is 28.5 Å². The van der Waals surface area contributed by atoms with Crippen molar-refractivity contribution in [2.24, 2.45) is 0 Å². The summed E-state index contributed by atoms with van der Waals surface area (Å²) in [6.07, 6.45) is 0.186. The van der Waals surface area contributed by atoms with E-state index in [0.717, 1.165) is 10.0 Å². The Balaban J connectivity index is 1.60. The van der Waals surface area contributed by atoms with Gasteiger partial charge < -0.3 is 23.8 Å². The summed E-state index contributed by atoms with van der Waals surface area (Å²) in [6, 6.07) is 12.4. The van der Waals surface area contributed by atoms with Crippen molar-refractivity contribution in [3.63, 3.8) is 0 Å². The molecule has 0 saturated heterocycles. The molecule has 1 aliphatic rings. The minimum absolute atomic E-state index is 0.0444. The van der Waals surface area contributed by atoms with Crippen LogP contribution in [0.5, 0.6) is 23.0 Å². The van der Waals surface area contributed by atoms with Gasteiger partial charge in [-0.15, -0.1) is 0 Å². The Labute approximate surface area is 239 Å². The fourth-order valence-corrected chi connectivity index (χ4v) is 5.68. The topological polar surface area (TPSA) is 74.3 Å². The lowest BCUT2D eigenvalue weighted by Crippen LogP contribution is -2.32. The fraction of sp³-hybridized carbons (Fsp3) is 0.286. The predicted molar refractivity (Wildman–Crippen MR) is 151 cm³/mol.